The van der Waals surface area contributed by atoms with Gasteiger partial charge in [0.15, 0.2) is 0 Å². The van der Waals surface area contributed by atoms with Gasteiger partial charge in [-0.3, -0.25) is 10.9 Å². The molecular weight excluding hydrogens is 188 g/mol. The van der Waals surface area contributed by atoms with Gasteiger partial charge in [-0.15, -0.1) is 0 Å². The molecule has 6 heteroatoms. The first-order valence-electron chi connectivity index (χ1n) is 4.65. The summed E-state index contributed by atoms with van der Waals surface area (Å²) >= 11 is 0. The number of nitrogens with one attached hydrogen (secondary N) is 2. The maximum Gasteiger partial charge on any atom is 0.355 e. The molecule has 1 aliphatic heterocycles. The standard InChI is InChI=1S/C8H14N2O4/c11-7-3-1-5-9-10-6-2-4-8(12)14-13-7/h9-10H,1-6H2. The van der Waals surface area contributed by atoms with E-state index in [1.165, 1.54) is 0 Å². The molecule has 0 unspecified atom stereocenters. The van der Waals surface area contributed by atoms with Crippen molar-refractivity contribution in [2.75, 3.05) is 13.1 Å². The van der Waals surface area contributed by atoms with Crippen LogP contribution in [0.4, 0.5) is 0 Å². The quantitative estimate of drug-likeness (QED) is 0.523. The van der Waals surface area contributed by atoms with E-state index in [1.54, 1.807) is 0 Å². The molecule has 0 atom stereocenters. The summed E-state index contributed by atoms with van der Waals surface area (Å²) in [7, 11) is 0. The van der Waals surface area contributed by atoms with Gasteiger partial charge >= 0.3 is 11.9 Å². The van der Waals surface area contributed by atoms with Gasteiger partial charge in [0.1, 0.15) is 0 Å². The molecule has 2 N–H and O–H groups in total. The van der Waals surface area contributed by atoms with Gasteiger partial charge < -0.3 is 0 Å². The predicted molar refractivity (Wildman–Crippen MR) is 46.7 cm³/mol. The molecule has 6 nitrogen and oxygen atoms in total. The van der Waals surface area contributed by atoms with Crippen molar-refractivity contribution in [3.63, 3.8) is 0 Å². The Labute approximate surface area is 81.8 Å². The number of carbonyl (C=O) groups excluding carboxylic acids is 2. The molecule has 1 heterocycles. The van der Waals surface area contributed by atoms with E-state index >= 15 is 0 Å². The molecule has 0 aliphatic carbocycles. The molecule has 0 aromatic carbocycles. The van der Waals surface area contributed by atoms with E-state index < -0.39 is 11.9 Å². The molecule has 0 saturated carbocycles. The molecule has 0 spiro atoms. The smallest absolute Gasteiger partial charge is 0.258 e. The minimum absolute atomic E-state index is 0.238. The lowest BCUT2D eigenvalue weighted by Gasteiger charge is -2.08. The molecule has 1 fully saturated rings. The average molecular weight is 202 g/mol. The lowest BCUT2D eigenvalue weighted by atomic mass is 10.3. The second-order valence-corrected chi connectivity index (χ2v) is 2.97. The van der Waals surface area contributed by atoms with Crippen LogP contribution in [-0.4, -0.2) is 25.0 Å². The van der Waals surface area contributed by atoms with E-state index in [0.717, 1.165) is 0 Å². The molecule has 1 saturated heterocycles. The average Bonchev–Trinajstić information content (AvgIpc) is 2.17. The maximum absolute atomic E-state index is 10.9. The zero-order chi connectivity index (χ0) is 10.2. The monoisotopic (exact) mass is 202 g/mol. The van der Waals surface area contributed by atoms with Gasteiger partial charge in [-0.25, -0.2) is 19.4 Å². The van der Waals surface area contributed by atoms with Crippen LogP contribution >= 0.6 is 0 Å². The first kappa shape index (κ1) is 10.9. The van der Waals surface area contributed by atoms with Crippen LogP contribution in [0.25, 0.3) is 0 Å². The number of hydrazine groups is 1. The lowest BCUT2D eigenvalue weighted by Crippen LogP contribution is -2.34. The molecule has 0 aromatic heterocycles. The predicted octanol–water partition coefficient (Wildman–Crippen LogP) is -0.344. The zero-order valence-electron chi connectivity index (χ0n) is 7.88. The molecule has 0 bridgehead atoms. The number of carbonyl (C=O) groups is 2. The Bertz CT molecular complexity index is 186. The van der Waals surface area contributed by atoms with Crippen LogP contribution in [0.3, 0.4) is 0 Å². The Hall–Kier alpha value is -1.14. The first-order valence-corrected chi connectivity index (χ1v) is 4.65. The summed E-state index contributed by atoms with van der Waals surface area (Å²) in [6, 6.07) is 0. The summed E-state index contributed by atoms with van der Waals surface area (Å²) in [5.41, 5.74) is 5.86. The van der Waals surface area contributed by atoms with Gasteiger partial charge in [-0.05, 0) is 12.8 Å². The molecule has 0 radical (unpaired) electrons. The van der Waals surface area contributed by atoms with Gasteiger partial charge in [0, 0.05) is 13.1 Å². The Morgan fingerprint density at radius 2 is 1.29 bits per heavy atom. The maximum atomic E-state index is 10.9. The van der Waals surface area contributed by atoms with Crippen molar-refractivity contribution in [3.05, 3.63) is 0 Å². The van der Waals surface area contributed by atoms with E-state index in [-0.39, 0.29) is 12.8 Å². The fourth-order valence-electron chi connectivity index (χ4n) is 0.995. The van der Waals surface area contributed by atoms with Gasteiger partial charge in [0.2, 0.25) is 0 Å². The Balaban J connectivity index is 2.29. The summed E-state index contributed by atoms with van der Waals surface area (Å²) in [5.74, 6) is -1.03. The molecule has 0 amide bonds. The highest BCUT2D eigenvalue weighted by Gasteiger charge is 2.10. The lowest BCUT2D eigenvalue weighted by molar-refractivity contribution is -0.259. The molecule has 14 heavy (non-hydrogen) atoms. The second-order valence-electron chi connectivity index (χ2n) is 2.97. The van der Waals surface area contributed by atoms with Crippen LogP contribution in [0.15, 0.2) is 0 Å². The number of rotatable bonds is 0. The molecule has 0 aromatic rings. The number of hydrogen-bond acceptors (Lipinski definition) is 6. The fraction of sp³-hybridized carbons (Fsp3) is 0.750. The van der Waals surface area contributed by atoms with Crippen molar-refractivity contribution in [2.45, 2.75) is 25.7 Å². The third-order valence-electron chi connectivity index (χ3n) is 1.72. The SMILES string of the molecule is O=C1CCCNNCCCC(=O)OO1. The van der Waals surface area contributed by atoms with Crippen molar-refractivity contribution >= 4 is 11.9 Å². The highest BCUT2D eigenvalue weighted by molar-refractivity contribution is 5.72. The minimum atomic E-state index is -0.513. The summed E-state index contributed by atoms with van der Waals surface area (Å²) in [5, 5.41) is 0. The largest absolute Gasteiger partial charge is 0.355 e. The van der Waals surface area contributed by atoms with Crippen molar-refractivity contribution in [1.29, 1.82) is 0 Å². The van der Waals surface area contributed by atoms with E-state index in [2.05, 4.69) is 20.6 Å². The van der Waals surface area contributed by atoms with Crippen molar-refractivity contribution in [2.24, 2.45) is 0 Å². The molecule has 1 aliphatic rings. The van der Waals surface area contributed by atoms with Crippen molar-refractivity contribution < 1.29 is 19.4 Å². The Morgan fingerprint density at radius 1 is 0.857 bits per heavy atom. The van der Waals surface area contributed by atoms with Gasteiger partial charge in [0.05, 0.1) is 12.8 Å². The van der Waals surface area contributed by atoms with Gasteiger partial charge in [0.25, 0.3) is 0 Å². The van der Waals surface area contributed by atoms with Crippen LogP contribution in [0, 0.1) is 0 Å². The van der Waals surface area contributed by atoms with Crippen molar-refractivity contribution in [1.82, 2.24) is 10.9 Å². The van der Waals surface area contributed by atoms with E-state index in [9.17, 15) is 9.59 Å². The fourth-order valence-corrected chi connectivity index (χ4v) is 0.995. The third kappa shape index (κ3) is 4.78. The molecular formula is C8H14N2O4. The third-order valence-corrected chi connectivity index (χ3v) is 1.72. The van der Waals surface area contributed by atoms with E-state index in [0.29, 0.717) is 25.9 Å². The zero-order valence-corrected chi connectivity index (χ0v) is 7.88. The van der Waals surface area contributed by atoms with E-state index in [1.807, 2.05) is 0 Å². The van der Waals surface area contributed by atoms with Crippen molar-refractivity contribution in [3.8, 4) is 0 Å². The van der Waals surface area contributed by atoms with Crippen LogP contribution in [-0.2, 0) is 19.4 Å². The molecule has 1 rings (SSSR count). The highest BCUT2D eigenvalue weighted by Crippen LogP contribution is 1.97. The van der Waals surface area contributed by atoms with Crippen LogP contribution < -0.4 is 10.9 Å². The Morgan fingerprint density at radius 3 is 1.71 bits per heavy atom. The normalized spacial score (nSPS) is 21.4. The topological polar surface area (TPSA) is 76.7 Å². The minimum Gasteiger partial charge on any atom is -0.258 e. The first-order chi connectivity index (χ1) is 6.79. The molecule has 80 valence electrons. The van der Waals surface area contributed by atoms with Gasteiger partial charge in [-0.1, -0.05) is 0 Å². The summed E-state index contributed by atoms with van der Waals surface area (Å²) < 4.78 is 0. The van der Waals surface area contributed by atoms with Crippen LogP contribution in [0.5, 0.6) is 0 Å². The summed E-state index contributed by atoms with van der Waals surface area (Å²) in [6.45, 7) is 1.37. The highest BCUT2D eigenvalue weighted by atomic mass is 17.2. The Kier molecular flexibility index (Phi) is 4.95. The van der Waals surface area contributed by atoms with Crippen LogP contribution in [0.1, 0.15) is 25.7 Å². The summed E-state index contributed by atoms with van der Waals surface area (Å²) in [4.78, 5) is 30.4. The van der Waals surface area contributed by atoms with E-state index in [4.69, 9.17) is 0 Å². The van der Waals surface area contributed by atoms with Crippen LogP contribution in [0.2, 0.25) is 0 Å². The summed E-state index contributed by atoms with van der Waals surface area (Å²) in [6.07, 6.45) is 1.76. The second kappa shape index (κ2) is 6.33. The number of hydrogen-bond donors (Lipinski definition) is 2. The van der Waals surface area contributed by atoms with Gasteiger partial charge in [-0.2, -0.15) is 0 Å².